The SMILES string of the molecule is COC(=O)C1=NNC(C(=O)OC)=C2COC3(CCCCC3)OC[C@@H]12. The van der Waals surface area contributed by atoms with Crippen LogP contribution in [-0.4, -0.2) is 50.9 Å². The molecule has 0 aromatic carbocycles. The third-order valence-electron chi connectivity index (χ3n) is 4.76. The fourth-order valence-corrected chi connectivity index (χ4v) is 3.39. The van der Waals surface area contributed by atoms with Crippen molar-refractivity contribution in [2.24, 2.45) is 11.0 Å². The van der Waals surface area contributed by atoms with Crippen LogP contribution in [0, 0.1) is 5.92 Å². The number of ether oxygens (including phenoxy) is 4. The second kappa shape index (κ2) is 6.90. The molecule has 2 heterocycles. The third kappa shape index (κ3) is 3.03. The van der Waals surface area contributed by atoms with Crippen molar-refractivity contribution in [3.05, 3.63) is 11.3 Å². The van der Waals surface area contributed by atoms with E-state index in [0.29, 0.717) is 5.57 Å². The minimum Gasteiger partial charge on any atom is -0.464 e. The second-order valence-electron chi connectivity index (χ2n) is 6.12. The van der Waals surface area contributed by atoms with E-state index >= 15 is 0 Å². The molecule has 0 bridgehead atoms. The molecular formula is C16H22N2O6. The number of hydrogen-bond acceptors (Lipinski definition) is 8. The first-order chi connectivity index (χ1) is 11.6. The van der Waals surface area contributed by atoms with Crippen LogP contribution in [-0.2, 0) is 28.5 Å². The van der Waals surface area contributed by atoms with Gasteiger partial charge >= 0.3 is 11.9 Å². The molecule has 132 valence electrons. The standard InChI is InChI=1S/C16H22N2O6/c1-21-14(19)12-10-8-23-16(6-4-3-5-7-16)24-9-11(10)13(18-17-12)15(20)22-2/h10,18H,3-9H2,1-2H3/t10-/m1/s1. The molecule has 2 aliphatic heterocycles. The summed E-state index contributed by atoms with van der Waals surface area (Å²) in [6.07, 6.45) is 4.83. The minimum atomic E-state index is -0.648. The van der Waals surface area contributed by atoms with Crippen LogP contribution in [0.5, 0.6) is 0 Å². The molecule has 1 atom stereocenters. The zero-order valence-electron chi connectivity index (χ0n) is 13.9. The molecule has 1 aliphatic carbocycles. The average molecular weight is 338 g/mol. The Balaban J connectivity index is 1.93. The van der Waals surface area contributed by atoms with Gasteiger partial charge in [0.1, 0.15) is 5.70 Å². The van der Waals surface area contributed by atoms with Gasteiger partial charge in [0.25, 0.3) is 0 Å². The molecule has 2 fully saturated rings. The van der Waals surface area contributed by atoms with Crippen molar-refractivity contribution in [1.82, 2.24) is 5.43 Å². The van der Waals surface area contributed by atoms with E-state index in [1.807, 2.05) is 0 Å². The quantitative estimate of drug-likeness (QED) is 0.746. The fourth-order valence-electron chi connectivity index (χ4n) is 3.39. The Morgan fingerprint density at radius 2 is 1.83 bits per heavy atom. The van der Waals surface area contributed by atoms with Gasteiger partial charge in [-0.1, -0.05) is 6.42 Å². The van der Waals surface area contributed by atoms with Crippen LogP contribution in [0.1, 0.15) is 32.1 Å². The number of rotatable bonds is 2. The zero-order valence-corrected chi connectivity index (χ0v) is 13.9. The lowest BCUT2D eigenvalue weighted by molar-refractivity contribution is -0.240. The Kier molecular flexibility index (Phi) is 4.86. The third-order valence-corrected chi connectivity index (χ3v) is 4.76. The van der Waals surface area contributed by atoms with Gasteiger partial charge in [0.05, 0.1) is 33.4 Å². The van der Waals surface area contributed by atoms with Crippen molar-refractivity contribution in [2.45, 2.75) is 37.9 Å². The summed E-state index contributed by atoms with van der Waals surface area (Å²) >= 11 is 0. The van der Waals surface area contributed by atoms with E-state index in [0.717, 1.165) is 32.1 Å². The van der Waals surface area contributed by atoms with Gasteiger partial charge in [-0.05, 0) is 18.4 Å². The number of nitrogens with zero attached hydrogens (tertiary/aromatic N) is 1. The number of carbonyl (C=O) groups is 2. The number of methoxy groups -OCH3 is 2. The van der Waals surface area contributed by atoms with Crippen molar-refractivity contribution in [2.75, 3.05) is 27.4 Å². The molecule has 24 heavy (non-hydrogen) atoms. The van der Waals surface area contributed by atoms with Gasteiger partial charge in [-0.25, -0.2) is 9.59 Å². The summed E-state index contributed by atoms with van der Waals surface area (Å²) in [7, 11) is 2.59. The van der Waals surface area contributed by atoms with Crippen molar-refractivity contribution in [3.8, 4) is 0 Å². The van der Waals surface area contributed by atoms with Crippen LogP contribution in [0.4, 0.5) is 0 Å². The van der Waals surface area contributed by atoms with Gasteiger partial charge in [0.2, 0.25) is 0 Å². The molecule has 1 saturated carbocycles. The molecule has 0 aromatic rings. The van der Waals surface area contributed by atoms with E-state index < -0.39 is 23.6 Å². The largest absolute Gasteiger partial charge is 0.464 e. The van der Waals surface area contributed by atoms with Crippen molar-refractivity contribution in [1.29, 1.82) is 0 Å². The summed E-state index contributed by atoms with van der Waals surface area (Å²) in [6.45, 7) is 0.392. The smallest absolute Gasteiger partial charge is 0.356 e. The lowest BCUT2D eigenvalue weighted by atomic mass is 9.92. The highest BCUT2D eigenvalue weighted by Gasteiger charge is 2.43. The van der Waals surface area contributed by atoms with E-state index in [2.05, 4.69) is 10.5 Å². The molecular weight excluding hydrogens is 316 g/mol. The minimum absolute atomic E-state index is 0.177. The van der Waals surface area contributed by atoms with Crippen LogP contribution in [0.25, 0.3) is 0 Å². The molecule has 8 nitrogen and oxygen atoms in total. The highest BCUT2D eigenvalue weighted by atomic mass is 16.7. The molecule has 1 spiro atoms. The van der Waals surface area contributed by atoms with Gasteiger partial charge < -0.3 is 18.9 Å². The van der Waals surface area contributed by atoms with E-state index in [4.69, 9.17) is 18.9 Å². The Bertz CT molecular complexity index is 591. The number of hydrogen-bond donors (Lipinski definition) is 1. The summed E-state index contributed by atoms with van der Waals surface area (Å²) in [6, 6.07) is 0. The second-order valence-corrected chi connectivity index (χ2v) is 6.12. The summed E-state index contributed by atoms with van der Waals surface area (Å²) in [5.74, 6) is -2.25. The van der Waals surface area contributed by atoms with E-state index in [1.165, 1.54) is 14.2 Å². The normalized spacial score (nSPS) is 25.9. The first-order valence-corrected chi connectivity index (χ1v) is 8.11. The molecule has 3 aliphatic rings. The molecule has 8 heteroatoms. The number of esters is 2. The lowest BCUT2D eigenvalue weighted by Crippen LogP contribution is -2.39. The molecule has 0 amide bonds. The Morgan fingerprint density at radius 1 is 1.12 bits per heavy atom. The number of hydrazone groups is 1. The first-order valence-electron chi connectivity index (χ1n) is 8.11. The summed E-state index contributed by atoms with van der Waals surface area (Å²) in [5, 5.41) is 4.01. The summed E-state index contributed by atoms with van der Waals surface area (Å²) in [5.41, 5.74) is 3.60. The van der Waals surface area contributed by atoms with Gasteiger partial charge in [0.15, 0.2) is 11.5 Å². The maximum atomic E-state index is 12.0. The van der Waals surface area contributed by atoms with Gasteiger partial charge in [-0.2, -0.15) is 5.10 Å². The first kappa shape index (κ1) is 16.9. The summed E-state index contributed by atoms with van der Waals surface area (Å²) in [4.78, 5) is 24.0. The topological polar surface area (TPSA) is 95.5 Å². The molecule has 3 rings (SSSR count). The van der Waals surface area contributed by atoms with Crippen molar-refractivity contribution < 1.29 is 28.5 Å². The van der Waals surface area contributed by atoms with E-state index in [1.54, 1.807) is 0 Å². The zero-order chi connectivity index (χ0) is 17.2. The number of nitrogens with one attached hydrogen (secondary N) is 1. The number of fused-ring (bicyclic) bond motifs is 1. The number of carbonyl (C=O) groups excluding carboxylic acids is 2. The Labute approximate surface area is 140 Å². The predicted octanol–water partition coefficient (Wildman–Crippen LogP) is 0.869. The van der Waals surface area contributed by atoms with Gasteiger partial charge in [0, 0.05) is 12.8 Å². The van der Waals surface area contributed by atoms with Crippen LogP contribution in [0.2, 0.25) is 0 Å². The molecule has 1 saturated heterocycles. The van der Waals surface area contributed by atoms with E-state index in [9.17, 15) is 9.59 Å². The van der Waals surface area contributed by atoms with Crippen molar-refractivity contribution in [3.63, 3.8) is 0 Å². The average Bonchev–Trinajstić information content (AvgIpc) is 2.81. The monoisotopic (exact) mass is 338 g/mol. The predicted molar refractivity (Wildman–Crippen MR) is 82.8 cm³/mol. The van der Waals surface area contributed by atoms with Crippen LogP contribution in [0.15, 0.2) is 16.4 Å². The van der Waals surface area contributed by atoms with Gasteiger partial charge in [-0.3, -0.25) is 5.43 Å². The fraction of sp³-hybridized carbons (Fsp3) is 0.688. The Morgan fingerprint density at radius 3 is 2.50 bits per heavy atom. The van der Waals surface area contributed by atoms with Crippen LogP contribution in [0.3, 0.4) is 0 Å². The molecule has 0 unspecified atom stereocenters. The Hall–Kier alpha value is -1.93. The molecule has 0 aromatic heterocycles. The maximum absolute atomic E-state index is 12.0. The summed E-state index contributed by atoms with van der Waals surface area (Å²) < 4.78 is 21.7. The highest BCUT2D eigenvalue weighted by molar-refractivity contribution is 6.38. The maximum Gasteiger partial charge on any atom is 0.356 e. The van der Waals surface area contributed by atoms with Crippen LogP contribution < -0.4 is 5.43 Å². The molecule has 1 N–H and O–H groups in total. The van der Waals surface area contributed by atoms with E-state index in [-0.39, 0.29) is 24.6 Å². The van der Waals surface area contributed by atoms with Crippen molar-refractivity contribution >= 4 is 17.7 Å². The van der Waals surface area contributed by atoms with Gasteiger partial charge in [-0.15, -0.1) is 0 Å². The highest BCUT2D eigenvalue weighted by Crippen LogP contribution is 2.38. The lowest BCUT2D eigenvalue weighted by Gasteiger charge is -2.35. The van der Waals surface area contributed by atoms with Crippen LogP contribution >= 0.6 is 0 Å². The molecule has 0 radical (unpaired) electrons.